The first-order chi connectivity index (χ1) is 12.8. The SMILES string of the molecule is CCC(C(=O)NCCSC1CCCCC1)N(c1ccc(F)cc1)S(C)(=O)=O. The summed E-state index contributed by atoms with van der Waals surface area (Å²) in [5.74, 6) is 0.0448. The van der Waals surface area contributed by atoms with Crippen LogP contribution in [0.2, 0.25) is 0 Å². The van der Waals surface area contributed by atoms with Gasteiger partial charge in [0.25, 0.3) is 0 Å². The minimum Gasteiger partial charge on any atom is -0.353 e. The minimum absolute atomic E-state index is 0.289. The van der Waals surface area contributed by atoms with Crippen LogP contribution in [0.25, 0.3) is 0 Å². The Morgan fingerprint density at radius 2 is 1.89 bits per heavy atom. The summed E-state index contributed by atoms with van der Waals surface area (Å²) >= 11 is 1.88. The Morgan fingerprint density at radius 1 is 1.26 bits per heavy atom. The molecule has 0 heterocycles. The Kier molecular flexibility index (Phi) is 8.41. The molecule has 0 aliphatic heterocycles. The molecule has 27 heavy (non-hydrogen) atoms. The van der Waals surface area contributed by atoms with E-state index in [-0.39, 0.29) is 11.6 Å². The van der Waals surface area contributed by atoms with Gasteiger partial charge in [0, 0.05) is 17.5 Å². The summed E-state index contributed by atoms with van der Waals surface area (Å²) < 4.78 is 38.9. The number of sulfonamides is 1. The summed E-state index contributed by atoms with van der Waals surface area (Å²) in [7, 11) is -3.69. The van der Waals surface area contributed by atoms with Gasteiger partial charge in [0.15, 0.2) is 0 Å². The number of anilines is 1. The third kappa shape index (κ3) is 6.68. The molecule has 0 spiro atoms. The van der Waals surface area contributed by atoms with Crippen LogP contribution in [0.15, 0.2) is 24.3 Å². The summed E-state index contributed by atoms with van der Waals surface area (Å²) in [6.45, 7) is 2.28. The molecule has 1 aliphatic rings. The molecule has 0 aromatic heterocycles. The fourth-order valence-corrected chi connectivity index (χ4v) is 5.83. The van der Waals surface area contributed by atoms with Gasteiger partial charge >= 0.3 is 0 Å². The molecule has 1 amide bonds. The molecule has 1 fully saturated rings. The van der Waals surface area contributed by atoms with Crippen molar-refractivity contribution in [3.05, 3.63) is 30.1 Å². The van der Waals surface area contributed by atoms with Crippen LogP contribution in [-0.2, 0) is 14.8 Å². The monoisotopic (exact) mass is 416 g/mol. The average Bonchev–Trinajstić information content (AvgIpc) is 2.64. The number of hydrogen-bond acceptors (Lipinski definition) is 4. The highest BCUT2D eigenvalue weighted by Gasteiger charge is 2.31. The van der Waals surface area contributed by atoms with Crippen LogP contribution in [0.5, 0.6) is 0 Å². The second kappa shape index (κ2) is 10.3. The van der Waals surface area contributed by atoms with Crippen molar-refractivity contribution in [2.45, 2.75) is 56.7 Å². The van der Waals surface area contributed by atoms with Gasteiger partial charge in [-0.2, -0.15) is 11.8 Å². The van der Waals surface area contributed by atoms with E-state index in [1.807, 2.05) is 11.8 Å². The summed E-state index contributed by atoms with van der Waals surface area (Å²) in [5.41, 5.74) is 0.289. The maximum atomic E-state index is 13.2. The molecule has 1 aliphatic carbocycles. The average molecular weight is 417 g/mol. The third-order valence-electron chi connectivity index (χ3n) is 4.72. The summed E-state index contributed by atoms with van der Waals surface area (Å²) in [6.07, 6.45) is 7.74. The molecule has 1 atom stereocenters. The molecule has 1 N–H and O–H groups in total. The predicted molar refractivity (Wildman–Crippen MR) is 110 cm³/mol. The number of amides is 1. The summed E-state index contributed by atoms with van der Waals surface area (Å²) in [5, 5.41) is 3.54. The highest BCUT2D eigenvalue weighted by molar-refractivity contribution is 7.99. The number of benzene rings is 1. The van der Waals surface area contributed by atoms with Crippen LogP contribution >= 0.6 is 11.8 Å². The van der Waals surface area contributed by atoms with Gasteiger partial charge in [-0.15, -0.1) is 0 Å². The van der Waals surface area contributed by atoms with Gasteiger partial charge in [-0.3, -0.25) is 9.10 Å². The van der Waals surface area contributed by atoms with E-state index in [1.54, 1.807) is 6.92 Å². The Labute approximate surface area is 166 Å². The number of rotatable bonds is 9. The van der Waals surface area contributed by atoms with Crippen LogP contribution in [0, 0.1) is 5.82 Å². The Bertz CT molecular complexity index is 704. The number of nitrogens with one attached hydrogen (secondary N) is 1. The van der Waals surface area contributed by atoms with E-state index in [0.29, 0.717) is 18.2 Å². The minimum atomic E-state index is -3.69. The lowest BCUT2D eigenvalue weighted by molar-refractivity contribution is -0.122. The number of hydrogen-bond donors (Lipinski definition) is 1. The van der Waals surface area contributed by atoms with Crippen molar-refractivity contribution in [2.24, 2.45) is 0 Å². The smallest absolute Gasteiger partial charge is 0.243 e. The quantitative estimate of drug-likeness (QED) is 0.625. The van der Waals surface area contributed by atoms with E-state index in [2.05, 4.69) is 5.32 Å². The fraction of sp³-hybridized carbons (Fsp3) is 0.632. The maximum Gasteiger partial charge on any atom is 0.243 e. The van der Waals surface area contributed by atoms with E-state index in [9.17, 15) is 17.6 Å². The number of halogens is 1. The van der Waals surface area contributed by atoms with Crippen molar-refractivity contribution in [1.82, 2.24) is 5.32 Å². The second-order valence-corrected chi connectivity index (χ2v) is 10.1. The van der Waals surface area contributed by atoms with E-state index < -0.39 is 21.9 Å². The molecule has 8 heteroatoms. The van der Waals surface area contributed by atoms with Crippen LogP contribution in [0.1, 0.15) is 45.4 Å². The standard InChI is InChI=1S/C19H29FN2O3S2/c1-3-18(19(23)21-13-14-26-17-7-5-4-6-8-17)22(27(2,24)25)16-11-9-15(20)10-12-16/h9-12,17-18H,3-8,13-14H2,1-2H3,(H,21,23). The summed E-state index contributed by atoms with van der Waals surface area (Å²) in [6, 6.07) is 4.29. The van der Waals surface area contributed by atoms with E-state index in [0.717, 1.165) is 16.3 Å². The van der Waals surface area contributed by atoms with Gasteiger partial charge in [0.1, 0.15) is 11.9 Å². The number of nitrogens with zero attached hydrogens (tertiary/aromatic N) is 1. The van der Waals surface area contributed by atoms with E-state index >= 15 is 0 Å². The summed E-state index contributed by atoms with van der Waals surface area (Å²) in [4.78, 5) is 12.7. The van der Waals surface area contributed by atoms with Crippen molar-refractivity contribution < 1.29 is 17.6 Å². The molecular weight excluding hydrogens is 387 g/mol. The molecule has 1 saturated carbocycles. The van der Waals surface area contributed by atoms with Crippen LogP contribution in [0.3, 0.4) is 0 Å². The van der Waals surface area contributed by atoms with Crippen LogP contribution in [0.4, 0.5) is 10.1 Å². The number of carbonyl (C=O) groups is 1. The normalized spacial score (nSPS) is 16.7. The molecule has 0 saturated heterocycles. The Morgan fingerprint density at radius 3 is 2.44 bits per heavy atom. The van der Waals surface area contributed by atoms with Crippen molar-refractivity contribution in [1.29, 1.82) is 0 Å². The predicted octanol–water partition coefficient (Wildman–Crippen LogP) is 3.55. The van der Waals surface area contributed by atoms with Gasteiger partial charge in [-0.25, -0.2) is 12.8 Å². The maximum absolute atomic E-state index is 13.2. The molecule has 2 rings (SSSR count). The lowest BCUT2D eigenvalue weighted by Gasteiger charge is -2.30. The lowest BCUT2D eigenvalue weighted by Crippen LogP contribution is -2.49. The third-order valence-corrected chi connectivity index (χ3v) is 7.28. The molecular formula is C19H29FN2O3S2. The molecule has 1 aromatic rings. The molecule has 5 nitrogen and oxygen atoms in total. The molecule has 152 valence electrons. The topological polar surface area (TPSA) is 66.5 Å². The van der Waals surface area contributed by atoms with Crippen molar-refractivity contribution >= 4 is 33.4 Å². The Hall–Kier alpha value is -1.28. The van der Waals surface area contributed by atoms with Crippen LogP contribution < -0.4 is 9.62 Å². The van der Waals surface area contributed by atoms with Gasteiger partial charge < -0.3 is 5.32 Å². The van der Waals surface area contributed by atoms with Crippen molar-refractivity contribution in [3.8, 4) is 0 Å². The molecule has 1 aromatic carbocycles. The Balaban J connectivity index is 1.98. The molecule has 1 unspecified atom stereocenters. The van der Waals surface area contributed by atoms with E-state index in [4.69, 9.17) is 0 Å². The van der Waals surface area contributed by atoms with Gasteiger partial charge in [-0.1, -0.05) is 26.2 Å². The largest absolute Gasteiger partial charge is 0.353 e. The first-order valence-electron chi connectivity index (χ1n) is 9.47. The lowest BCUT2D eigenvalue weighted by atomic mass is 10.0. The van der Waals surface area contributed by atoms with Gasteiger partial charge in [0.2, 0.25) is 15.9 Å². The number of carbonyl (C=O) groups excluding carboxylic acids is 1. The fourth-order valence-electron chi connectivity index (χ4n) is 3.40. The molecule has 0 radical (unpaired) electrons. The van der Waals surface area contributed by atoms with Gasteiger partial charge in [0.05, 0.1) is 11.9 Å². The van der Waals surface area contributed by atoms with Crippen molar-refractivity contribution in [3.63, 3.8) is 0 Å². The second-order valence-electron chi connectivity index (χ2n) is 6.88. The highest BCUT2D eigenvalue weighted by atomic mass is 32.2. The number of thioether (sulfide) groups is 1. The zero-order chi connectivity index (χ0) is 19.9. The van der Waals surface area contributed by atoms with Crippen LogP contribution in [-0.4, -0.2) is 44.2 Å². The van der Waals surface area contributed by atoms with Gasteiger partial charge in [-0.05, 0) is 43.5 Å². The first kappa shape index (κ1) is 22.0. The zero-order valence-corrected chi connectivity index (χ0v) is 17.6. The van der Waals surface area contributed by atoms with Crippen molar-refractivity contribution in [2.75, 3.05) is 22.9 Å². The van der Waals surface area contributed by atoms with E-state index in [1.165, 1.54) is 56.4 Å². The zero-order valence-electron chi connectivity index (χ0n) is 16.0. The highest BCUT2D eigenvalue weighted by Crippen LogP contribution is 2.28. The molecule has 0 bridgehead atoms. The first-order valence-corrected chi connectivity index (χ1v) is 12.4.